The quantitative estimate of drug-likeness (QED) is 0.395. The Morgan fingerprint density at radius 3 is 2.56 bits per heavy atom. The first-order valence-electron chi connectivity index (χ1n) is 4.22. The Morgan fingerprint density at radius 1 is 1.38 bits per heavy atom. The number of benzene rings is 1. The van der Waals surface area contributed by atoms with Crippen molar-refractivity contribution < 1.29 is 0 Å². The lowest BCUT2D eigenvalue weighted by Crippen LogP contribution is -2.39. The van der Waals surface area contributed by atoms with Gasteiger partial charge in [-0.2, -0.15) is 0 Å². The van der Waals surface area contributed by atoms with Crippen molar-refractivity contribution in [1.82, 2.24) is 5.32 Å². The van der Waals surface area contributed by atoms with Gasteiger partial charge in [0, 0.05) is 10.7 Å². The lowest BCUT2D eigenvalue weighted by molar-refractivity contribution is 1.20. The number of hydrogen-bond donors (Lipinski definition) is 5. The topological polar surface area (TPSA) is 97.8 Å². The maximum Gasteiger partial charge on any atom is 0.199 e. The van der Waals surface area contributed by atoms with Crippen molar-refractivity contribution in [3.63, 3.8) is 0 Å². The third kappa shape index (κ3) is 4.37. The van der Waals surface area contributed by atoms with Crippen molar-refractivity contribution in [2.75, 3.05) is 5.32 Å². The fraction of sp³-hybridized carbons (Fsp3) is 0.111. The predicted octanol–water partition coefficient (Wildman–Crippen LogP) is 1.90. The van der Waals surface area contributed by atoms with E-state index in [0.717, 1.165) is 5.56 Å². The highest BCUT2D eigenvalue weighted by atomic mass is 35.5. The lowest BCUT2D eigenvalue weighted by atomic mass is 10.2. The summed E-state index contributed by atoms with van der Waals surface area (Å²) in [6.07, 6.45) is 0. The normalized spacial score (nSPS) is 8.88. The lowest BCUT2D eigenvalue weighted by Gasteiger charge is -2.11. The SMILES string of the molecule is Cc1ccc(Cl)cc1NC(=N)NC(=N)N.Cl. The average molecular weight is 262 g/mol. The van der Waals surface area contributed by atoms with Crippen molar-refractivity contribution in [3.8, 4) is 0 Å². The van der Waals surface area contributed by atoms with Gasteiger partial charge in [0.25, 0.3) is 0 Å². The van der Waals surface area contributed by atoms with Crippen LogP contribution in [0, 0.1) is 17.7 Å². The van der Waals surface area contributed by atoms with Crippen LogP contribution in [0.1, 0.15) is 5.56 Å². The Morgan fingerprint density at radius 2 is 2.00 bits per heavy atom. The molecule has 0 aliphatic heterocycles. The maximum absolute atomic E-state index is 7.44. The molecule has 0 saturated heterocycles. The number of guanidine groups is 2. The number of nitrogens with one attached hydrogen (secondary N) is 4. The third-order valence-electron chi connectivity index (χ3n) is 1.72. The largest absolute Gasteiger partial charge is 0.370 e. The molecule has 0 radical (unpaired) electrons. The van der Waals surface area contributed by atoms with Crippen LogP contribution >= 0.6 is 24.0 Å². The minimum Gasteiger partial charge on any atom is -0.370 e. The van der Waals surface area contributed by atoms with Crippen molar-refractivity contribution >= 4 is 41.6 Å². The van der Waals surface area contributed by atoms with Gasteiger partial charge in [0.15, 0.2) is 11.9 Å². The number of nitrogens with two attached hydrogens (primary N) is 1. The average Bonchev–Trinajstić information content (AvgIpc) is 2.10. The zero-order valence-electron chi connectivity index (χ0n) is 8.60. The molecule has 1 aromatic rings. The molecule has 0 aliphatic rings. The first-order chi connectivity index (χ1) is 6.99. The van der Waals surface area contributed by atoms with Gasteiger partial charge >= 0.3 is 0 Å². The molecular weight excluding hydrogens is 249 g/mol. The zero-order chi connectivity index (χ0) is 11.4. The van der Waals surface area contributed by atoms with Gasteiger partial charge in [-0.25, -0.2) is 0 Å². The number of anilines is 1. The van der Waals surface area contributed by atoms with Crippen LogP contribution in [0.25, 0.3) is 0 Å². The third-order valence-corrected chi connectivity index (χ3v) is 1.95. The van der Waals surface area contributed by atoms with E-state index in [1.54, 1.807) is 12.1 Å². The number of halogens is 2. The highest BCUT2D eigenvalue weighted by Crippen LogP contribution is 2.19. The van der Waals surface area contributed by atoms with E-state index in [1.165, 1.54) is 0 Å². The fourth-order valence-corrected chi connectivity index (χ4v) is 1.20. The van der Waals surface area contributed by atoms with Crippen LogP contribution in [0.2, 0.25) is 5.02 Å². The molecule has 6 N–H and O–H groups in total. The first kappa shape index (κ1) is 14.5. The van der Waals surface area contributed by atoms with Gasteiger partial charge in [-0.3, -0.25) is 16.1 Å². The van der Waals surface area contributed by atoms with E-state index < -0.39 is 0 Å². The molecule has 0 aliphatic carbocycles. The number of rotatable bonds is 1. The van der Waals surface area contributed by atoms with Crippen molar-refractivity contribution in [2.24, 2.45) is 5.73 Å². The molecular formula is C9H13Cl2N5. The number of aryl methyl sites for hydroxylation is 1. The summed E-state index contributed by atoms with van der Waals surface area (Å²) >= 11 is 5.81. The van der Waals surface area contributed by atoms with Crippen LogP contribution in [0.15, 0.2) is 18.2 Å². The molecule has 0 fully saturated rings. The van der Waals surface area contributed by atoms with Gasteiger partial charge in [-0.1, -0.05) is 17.7 Å². The molecule has 1 rings (SSSR count). The monoisotopic (exact) mass is 261 g/mol. The smallest absolute Gasteiger partial charge is 0.199 e. The van der Waals surface area contributed by atoms with Crippen molar-refractivity contribution in [1.29, 1.82) is 10.8 Å². The van der Waals surface area contributed by atoms with Gasteiger partial charge in [0.05, 0.1) is 0 Å². The second-order valence-corrected chi connectivity index (χ2v) is 3.43. The molecule has 0 heterocycles. The summed E-state index contributed by atoms with van der Waals surface area (Å²) in [5.74, 6) is -0.347. The summed E-state index contributed by atoms with van der Waals surface area (Å²) in [6, 6.07) is 5.31. The predicted molar refractivity (Wildman–Crippen MR) is 69.8 cm³/mol. The van der Waals surface area contributed by atoms with Gasteiger partial charge in [-0.05, 0) is 24.6 Å². The Bertz CT molecular complexity index is 405. The molecule has 0 atom stereocenters. The minimum absolute atomic E-state index is 0. The molecule has 0 spiro atoms. The van der Waals surface area contributed by atoms with Crippen LogP contribution in [0.3, 0.4) is 0 Å². The molecule has 88 valence electrons. The second-order valence-electron chi connectivity index (χ2n) is 3.00. The first-order valence-corrected chi connectivity index (χ1v) is 4.59. The van der Waals surface area contributed by atoms with Crippen LogP contribution in [-0.2, 0) is 0 Å². The minimum atomic E-state index is -0.285. The highest BCUT2D eigenvalue weighted by Gasteiger charge is 2.02. The van der Waals surface area contributed by atoms with Gasteiger partial charge in [0.2, 0.25) is 0 Å². The van der Waals surface area contributed by atoms with Gasteiger partial charge in [0.1, 0.15) is 0 Å². The molecule has 0 unspecified atom stereocenters. The van der Waals surface area contributed by atoms with Crippen LogP contribution in [0.5, 0.6) is 0 Å². The molecule has 16 heavy (non-hydrogen) atoms. The summed E-state index contributed by atoms with van der Waals surface area (Å²) < 4.78 is 0. The van der Waals surface area contributed by atoms with Crippen LogP contribution < -0.4 is 16.4 Å². The van der Waals surface area contributed by atoms with E-state index in [1.807, 2.05) is 13.0 Å². The van der Waals surface area contributed by atoms with E-state index in [0.29, 0.717) is 10.7 Å². The van der Waals surface area contributed by atoms with E-state index in [9.17, 15) is 0 Å². The molecule has 0 aromatic heterocycles. The Hall–Kier alpha value is -1.46. The Kier molecular flexibility index (Phi) is 5.63. The molecule has 7 heteroatoms. The molecule has 1 aromatic carbocycles. The summed E-state index contributed by atoms with van der Waals surface area (Å²) in [7, 11) is 0. The maximum atomic E-state index is 7.44. The summed E-state index contributed by atoms with van der Waals surface area (Å²) in [6.45, 7) is 1.89. The van der Waals surface area contributed by atoms with E-state index in [-0.39, 0.29) is 24.3 Å². The van der Waals surface area contributed by atoms with E-state index >= 15 is 0 Å². The van der Waals surface area contributed by atoms with Gasteiger partial charge in [-0.15, -0.1) is 12.4 Å². The summed E-state index contributed by atoms with van der Waals surface area (Å²) in [4.78, 5) is 0. The van der Waals surface area contributed by atoms with Crippen molar-refractivity contribution in [3.05, 3.63) is 28.8 Å². The Labute approximate surface area is 105 Å². The highest BCUT2D eigenvalue weighted by molar-refractivity contribution is 6.31. The second kappa shape index (κ2) is 6.19. The van der Waals surface area contributed by atoms with E-state index in [2.05, 4.69) is 10.6 Å². The van der Waals surface area contributed by atoms with Crippen LogP contribution in [-0.4, -0.2) is 11.9 Å². The van der Waals surface area contributed by atoms with E-state index in [4.69, 9.17) is 28.2 Å². The van der Waals surface area contributed by atoms with Gasteiger partial charge < -0.3 is 11.1 Å². The standard InChI is InChI=1S/C9H12ClN5.ClH/c1-5-2-3-6(10)4-7(5)14-9(13)15-8(11)12;/h2-4H,1H3,(H6,11,12,13,14,15);1H. The molecule has 0 saturated carbocycles. The van der Waals surface area contributed by atoms with Crippen LogP contribution in [0.4, 0.5) is 5.69 Å². The molecule has 0 amide bonds. The number of hydrogen-bond acceptors (Lipinski definition) is 2. The summed E-state index contributed by atoms with van der Waals surface area (Å²) in [5.41, 5.74) is 6.74. The zero-order valence-corrected chi connectivity index (χ0v) is 10.2. The molecule has 5 nitrogen and oxygen atoms in total. The Balaban J connectivity index is 0.00000225. The van der Waals surface area contributed by atoms with Crippen molar-refractivity contribution in [2.45, 2.75) is 6.92 Å². The fourth-order valence-electron chi connectivity index (χ4n) is 1.03. The molecule has 0 bridgehead atoms. The summed E-state index contributed by atoms with van der Waals surface area (Å²) in [5, 5.41) is 20.0.